The highest BCUT2D eigenvalue weighted by atomic mass is 35.5. The minimum absolute atomic E-state index is 0.100. The number of rotatable bonds is 11. The van der Waals surface area contributed by atoms with E-state index in [1.807, 2.05) is 13.0 Å². The molecule has 10 heteroatoms. The van der Waals surface area contributed by atoms with E-state index in [4.69, 9.17) is 16.3 Å². The quantitative estimate of drug-likeness (QED) is 0.501. The summed E-state index contributed by atoms with van der Waals surface area (Å²) in [5, 5.41) is 3.19. The average molecular weight is 510 g/mol. The fraction of sp³-hybridized carbons (Fsp3) is 0.417. The second-order valence-corrected chi connectivity index (χ2v) is 10.4. The first-order chi connectivity index (χ1) is 16.0. The second kappa shape index (κ2) is 12.1. The van der Waals surface area contributed by atoms with Crippen LogP contribution in [0.15, 0.2) is 42.5 Å². The largest absolute Gasteiger partial charge is 0.497 e. The van der Waals surface area contributed by atoms with E-state index in [-0.39, 0.29) is 18.1 Å². The number of carbonyl (C=O) groups is 2. The number of aryl methyl sites for hydroxylation is 1. The highest BCUT2D eigenvalue weighted by molar-refractivity contribution is 7.92. The third kappa shape index (κ3) is 7.36. The molecule has 0 aliphatic heterocycles. The Morgan fingerprint density at radius 2 is 1.88 bits per heavy atom. The van der Waals surface area contributed by atoms with Gasteiger partial charge < -0.3 is 15.0 Å². The van der Waals surface area contributed by atoms with Crippen LogP contribution in [0.25, 0.3) is 0 Å². The van der Waals surface area contributed by atoms with Gasteiger partial charge in [-0.1, -0.05) is 36.7 Å². The van der Waals surface area contributed by atoms with Gasteiger partial charge in [-0.15, -0.1) is 0 Å². The zero-order chi connectivity index (χ0) is 25.5. The number of nitrogens with one attached hydrogen (secondary N) is 1. The normalized spacial score (nSPS) is 12.1. The predicted octanol–water partition coefficient (Wildman–Crippen LogP) is 3.37. The molecular weight excluding hydrogens is 478 g/mol. The lowest BCUT2D eigenvalue weighted by Gasteiger charge is -2.31. The molecule has 2 aromatic carbocycles. The van der Waals surface area contributed by atoms with Gasteiger partial charge in [0.15, 0.2) is 0 Å². The van der Waals surface area contributed by atoms with E-state index in [0.717, 1.165) is 28.1 Å². The van der Waals surface area contributed by atoms with Crippen molar-refractivity contribution in [2.24, 2.45) is 0 Å². The van der Waals surface area contributed by atoms with Crippen molar-refractivity contribution in [1.82, 2.24) is 10.2 Å². The first-order valence-corrected chi connectivity index (χ1v) is 13.1. The Bertz CT molecular complexity index is 1120. The standard InChI is InChI=1S/C24H32ClN3O5S/c1-6-12-26-24(30)18(3)27(15-19-8-7-9-21(13-19)33-4)23(29)16-28(34(5,31)32)20-11-10-17(2)22(25)14-20/h7-11,13-14,18H,6,12,15-16H2,1-5H3,(H,26,30)/t18-/m0/s1. The average Bonchev–Trinajstić information content (AvgIpc) is 2.80. The third-order valence-electron chi connectivity index (χ3n) is 5.33. The number of halogens is 1. The number of sulfonamides is 1. The summed E-state index contributed by atoms with van der Waals surface area (Å²) in [6, 6.07) is 11.1. The lowest BCUT2D eigenvalue weighted by Crippen LogP contribution is -2.51. The van der Waals surface area contributed by atoms with Crippen molar-refractivity contribution in [1.29, 1.82) is 0 Å². The predicted molar refractivity (Wildman–Crippen MR) is 135 cm³/mol. The molecule has 2 amide bonds. The van der Waals surface area contributed by atoms with E-state index in [2.05, 4.69) is 5.32 Å². The molecule has 186 valence electrons. The molecule has 0 saturated carbocycles. The summed E-state index contributed by atoms with van der Waals surface area (Å²) >= 11 is 6.20. The molecule has 0 saturated heterocycles. The molecule has 8 nitrogen and oxygen atoms in total. The first-order valence-electron chi connectivity index (χ1n) is 10.9. The second-order valence-electron chi connectivity index (χ2n) is 8.04. The van der Waals surface area contributed by atoms with Gasteiger partial charge in [-0.25, -0.2) is 8.42 Å². The van der Waals surface area contributed by atoms with Crippen LogP contribution in [0.5, 0.6) is 5.75 Å². The third-order valence-corrected chi connectivity index (χ3v) is 6.87. The molecular formula is C24H32ClN3O5S. The van der Waals surface area contributed by atoms with Crippen molar-refractivity contribution in [3.63, 3.8) is 0 Å². The van der Waals surface area contributed by atoms with Gasteiger partial charge in [0.25, 0.3) is 0 Å². The Morgan fingerprint density at radius 3 is 2.47 bits per heavy atom. The minimum atomic E-state index is -3.81. The van der Waals surface area contributed by atoms with E-state index in [1.54, 1.807) is 51.3 Å². The molecule has 0 unspecified atom stereocenters. The van der Waals surface area contributed by atoms with Crippen molar-refractivity contribution < 1.29 is 22.7 Å². The van der Waals surface area contributed by atoms with Crippen molar-refractivity contribution >= 4 is 39.1 Å². The molecule has 0 aliphatic carbocycles. The van der Waals surface area contributed by atoms with Crippen LogP contribution in [-0.4, -0.2) is 57.6 Å². The van der Waals surface area contributed by atoms with Crippen molar-refractivity contribution in [3.8, 4) is 5.75 Å². The molecule has 0 aromatic heterocycles. The molecule has 0 spiro atoms. The highest BCUT2D eigenvalue weighted by Gasteiger charge is 2.30. The number of amides is 2. The van der Waals surface area contributed by atoms with Crippen LogP contribution in [0.1, 0.15) is 31.4 Å². The number of hydrogen-bond donors (Lipinski definition) is 1. The molecule has 0 bridgehead atoms. The lowest BCUT2D eigenvalue weighted by molar-refractivity contribution is -0.139. The maximum atomic E-state index is 13.5. The van der Waals surface area contributed by atoms with E-state index >= 15 is 0 Å². The van der Waals surface area contributed by atoms with E-state index in [9.17, 15) is 18.0 Å². The molecule has 2 rings (SSSR count). The van der Waals surface area contributed by atoms with Gasteiger partial charge in [-0.05, 0) is 55.7 Å². The van der Waals surface area contributed by atoms with Crippen LogP contribution >= 0.6 is 11.6 Å². The summed E-state index contributed by atoms with van der Waals surface area (Å²) < 4.78 is 31.4. The van der Waals surface area contributed by atoms with Crippen LogP contribution in [0, 0.1) is 6.92 Å². The number of nitrogens with zero attached hydrogens (tertiary/aromatic N) is 2. The van der Waals surface area contributed by atoms with Crippen molar-refractivity contribution in [2.75, 3.05) is 30.8 Å². The summed E-state index contributed by atoms with van der Waals surface area (Å²) in [5.41, 5.74) is 1.80. The van der Waals surface area contributed by atoms with E-state index < -0.39 is 28.5 Å². The number of anilines is 1. The fourth-order valence-electron chi connectivity index (χ4n) is 3.30. The molecule has 0 fully saturated rings. The number of methoxy groups -OCH3 is 1. The number of hydrogen-bond acceptors (Lipinski definition) is 5. The summed E-state index contributed by atoms with van der Waals surface area (Å²) in [6.07, 6.45) is 1.77. The number of benzene rings is 2. The van der Waals surface area contributed by atoms with Gasteiger partial charge in [0.05, 0.1) is 19.1 Å². The molecule has 0 aliphatic rings. The van der Waals surface area contributed by atoms with Crippen molar-refractivity contribution in [2.45, 2.75) is 39.8 Å². The molecule has 1 N–H and O–H groups in total. The smallest absolute Gasteiger partial charge is 0.244 e. The Morgan fingerprint density at radius 1 is 1.18 bits per heavy atom. The summed E-state index contributed by atoms with van der Waals surface area (Å²) in [6.45, 7) is 5.45. The Balaban J connectivity index is 2.40. The monoisotopic (exact) mass is 509 g/mol. The Hall–Kier alpha value is -2.78. The molecule has 0 heterocycles. The van der Waals surface area contributed by atoms with Gasteiger partial charge in [-0.2, -0.15) is 0 Å². The topological polar surface area (TPSA) is 96.0 Å². The van der Waals surface area contributed by atoms with E-state index in [1.165, 1.54) is 11.0 Å². The molecule has 2 aromatic rings. The minimum Gasteiger partial charge on any atom is -0.497 e. The number of carbonyl (C=O) groups excluding carboxylic acids is 2. The highest BCUT2D eigenvalue weighted by Crippen LogP contribution is 2.25. The summed E-state index contributed by atoms with van der Waals surface area (Å²) in [4.78, 5) is 27.6. The van der Waals surface area contributed by atoms with Gasteiger partial charge >= 0.3 is 0 Å². The maximum Gasteiger partial charge on any atom is 0.244 e. The van der Waals surface area contributed by atoms with E-state index in [0.29, 0.717) is 17.3 Å². The molecule has 1 atom stereocenters. The van der Waals surface area contributed by atoms with Crippen molar-refractivity contribution in [3.05, 3.63) is 58.6 Å². The van der Waals surface area contributed by atoms with Gasteiger partial charge in [0.2, 0.25) is 21.8 Å². The van der Waals surface area contributed by atoms with Crippen LogP contribution in [-0.2, 0) is 26.2 Å². The SMILES string of the molecule is CCCNC(=O)[C@H](C)N(Cc1cccc(OC)c1)C(=O)CN(c1ccc(C)c(Cl)c1)S(C)(=O)=O. The maximum absolute atomic E-state index is 13.5. The van der Waals surface area contributed by atoms with Crippen LogP contribution < -0.4 is 14.4 Å². The van der Waals surface area contributed by atoms with Gasteiger partial charge in [0, 0.05) is 18.1 Å². The zero-order valence-electron chi connectivity index (χ0n) is 20.2. The molecule has 34 heavy (non-hydrogen) atoms. The first kappa shape index (κ1) is 27.5. The molecule has 0 radical (unpaired) electrons. The fourth-order valence-corrected chi connectivity index (χ4v) is 4.31. The zero-order valence-corrected chi connectivity index (χ0v) is 21.7. The van der Waals surface area contributed by atoms with Crippen LogP contribution in [0.4, 0.5) is 5.69 Å². The Kier molecular flexibility index (Phi) is 9.76. The Labute approximate surface area is 206 Å². The van der Waals surface area contributed by atoms with Crippen LogP contribution in [0.3, 0.4) is 0 Å². The van der Waals surface area contributed by atoms with Crippen LogP contribution in [0.2, 0.25) is 5.02 Å². The summed E-state index contributed by atoms with van der Waals surface area (Å²) in [7, 11) is -2.27. The van der Waals surface area contributed by atoms with Gasteiger partial charge in [0.1, 0.15) is 18.3 Å². The lowest BCUT2D eigenvalue weighted by atomic mass is 10.1. The summed E-state index contributed by atoms with van der Waals surface area (Å²) in [5.74, 6) is -0.230. The van der Waals surface area contributed by atoms with Gasteiger partial charge in [-0.3, -0.25) is 13.9 Å². The number of ether oxygens (including phenoxy) is 1.